The molecule has 0 spiro atoms. The lowest BCUT2D eigenvalue weighted by molar-refractivity contribution is -0.143. The molecule has 2 aromatic rings. The van der Waals surface area contributed by atoms with Crippen molar-refractivity contribution in [3.05, 3.63) is 76.5 Å². The highest BCUT2D eigenvalue weighted by Crippen LogP contribution is 2.39. The average molecular weight is 529 g/mol. The van der Waals surface area contributed by atoms with Crippen LogP contribution in [0.2, 0.25) is 10.0 Å². The van der Waals surface area contributed by atoms with E-state index in [4.69, 9.17) is 23.2 Å². The molecular weight excluding hydrogens is 506 g/mol. The van der Waals surface area contributed by atoms with E-state index in [2.05, 4.69) is 11.9 Å². The van der Waals surface area contributed by atoms with Crippen molar-refractivity contribution in [2.75, 3.05) is 6.54 Å². The lowest BCUT2D eigenvalue weighted by Crippen LogP contribution is -2.60. The van der Waals surface area contributed by atoms with Crippen molar-refractivity contribution in [2.24, 2.45) is 0 Å². The molecule has 2 N–H and O–H groups in total. The number of aliphatic carboxylic acids is 1. The van der Waals surface area contributed by atoms with E-state index in [9.17, 15) is 27.5 Å². The van der Waals surface area contributed by atoms with Crippen LogP contribution < -0.4 is 5.32 Å². The summed E-state index contributed by atoms with van der Waals surface area (Å²) in [4.78, 5) is 25.2. The summed E-state index contributed by atoms with van der Waals surface area (Å²) >= 11 is 12.0. The normalized spacial score (nSPS) is 19.5. The molecule has 1 heterocycles. The van der Waals surface area contributed by atoms with Gasteiger partial charge in [-0.05, 0) is 55.2 Å². The number of nitrogens with zero attached hydrogens (tertiary/aromatic N) is 1. The smallest absolute Gasteiger partial charge is 0.326 e. The summed E-state index contributed by atoms with van der Waals surface area (Å²) in [5.74, 6) is -2.53. The second-order valence-electron chi connectivity index (χ2n) is 8.01. The van der Waals surface area contributed by atoms with Crippen molar-refractivity contribution in [3.8, 4) is 0 Å². The van der Waals surface area contributed by atoms with E-state index in [0.717, 1.165) is 4.31 Å². The minimum Gasteiger partial charge on any atom is -0.480 e. The fraction of sp³-hybridized carbons (Fsp3) is 0.304. The Hall–Kier alpha value is -2.46. The molecule has 1 aliphatic heterocycles. The Bertz CT molecular complexity index is 1190. The van der Waals surface area contributed by atoms with Gasteiger partial charge < -0.3 is 10.4 Å². The molecule has 2 atom stereocenters. The number of sulfonamides is 1. The van der Waals surface area contributed by atoms with Crippen LogP contribution in [-0.2, 0) is 26.0 Å². The van der Waals surface area contributed by atoms with Gasteiger partial charge >= 0.3 is 5.97 Å². The Morgan fingerprint density at radius 2 is 1.82 bits per heavy atom. The predicted molar refractivity (Wildman–Crippen MR) is 127 cm³/mol. The SMILES string of the molecule is C=CC[C@]1(C(=O)NC(Cc2ccc(F)cc2)C(=O)O)CCCN1S(=O)(=O)c1cc(Cl)cc(Cl)c1. The number of carboxylic acids is 1. The molecule has 1 fully saturated rings. The van der Waals surface area contributed by atoms with Crippen molar-refractivity contribution in [2.45, 2.75) is 42.2 Å². The highest BCUT2D eigenvalue weighted by Gasteiger charge is 2.52. The van der Waals surface area contributed by atoms with Gasteiger partial charge in [0, 0.05) is 23.0 Å². The summed E-state index contributed by atoms with van der Waals surface area (Å²) in [6.45, 7) is 3.71. The number of hydrogen-bond donors (Lipinski definition) is 2. The van der Waals surface area contributed by atoms with Gasteiger partial charge in [0.15, 0.2) is 0 Å². The number of amides is 1. The van der Waals surface area contributed by atoms with Crippen LogP contribution >= 0.6 is 23.2 Å². The van der Waals surface area contributed by atoms with Crippen LogP contribution in [-0.4, -0.2) is 47.8 Å². The Morgan fingerprint density at radius 3 is 2.38 bits per heavy atom. The average Bonchev–Trinajstić information content (AvgIpc) is 3.20. The molecule has 182 valence electrons. The molecule has 1 amide bonds. The first-order valence-corrected chi connectivity index (χ1v) is 12.6. The number of nitrogens with one attached hydrogen (secondary N) is 1. The number of hydrogen-bond acceptors (Lipinski definition) is 4. The second-order valence-corrected chi connectivity index (χ2v) is 10.7. The second kappa shape index (κ2) is 10.4. The zero-order valence-electron chi connectivity index (χ0n) is 18.0. The maximum Gasteiger partial charge on any atom is 0.326 e. The van der Waals surface area contributed by atoms with Gasteiger partial charge in [-0.2, -0.15) is 4.31 Å². The third kappa shape index (κ3) is 5.43. The molecule has 0 radical (unpaired) electrons. The quantitative estimate of drug-likeness (QED) is 0.478. The topological polar surface area (TPSA) is 104 Å². The standard InChI is InChI=1S/C23H23Cl2FN2O5S/c1-2-8-23(22(31)27-20(21(29)30)11-15-4-6-18(26)7-5-15)9-3-10-28(23)34(32,33)19-13-16(24)12-17(25)14-19/h2,4-7,12-14,20H,1,3,8-11H2,(H,27,31)(H,29,30)/t20?,23-/m1/s1. The fourth-order valence-electron chi connectivity index (χ4n) is 4.12. The Morgan fingerprint density at radius 1 is 1.21 bits per heavy atom. The summed E-state index contributed by atoms with van der Waals surface area (Å²) < 4.78 is 41.3. The minimum absolute atomic E-state index is 0.0325. The molecule has 1 aliphatic rings. The van der Waals surface area contributed by atoms with E-state index in [1.165, 1.54) is 48.5 Å². The van der Waals surface area contributed by atoms with E-state index in [1.54, 1.807) is 0 Å². The predicted octanol–water partition coefficient (Wildman–Crippen LogP) is 4.04. The number of carbonyl (C=O) groups is 2. The fourth-order valence-corrected chi connectivity index (χ4v) is 6.66. The Balaban J connectivity index is 1.95. The maximum atomic E-state index is 13.5. The van der Waals surface area contributed by atoms with Crippen molar-refractivity contribution < 1.29 is 27.5 Å². The van der Waals surface area contributed by atoms with Crippen LogP contribution in [0.5, 0.6) is 0 Å². The molecule has 34 heavy (non-hydrogen) atoms. The summed E-state index contributed by atoms with van der Waals surface area (Å²) in [6, 6.07) is 7.75. The molecule has 0 saturated carbocycles. The van der Waals surface area contributed by atoms with Crippen molar-refractivity contribution >= 4 is 45.1 Å². The first-order valence-electron chi connectivity index (χ1n) is 10.4. The summed E-state index contributed by atoms with van der Waals surface area (Å²) in [5.41, 5.74) is -1.08. The highest BCUT2D eigenvalue weighted by atomic mass is 35.5. The molecule has 1 saturated heterocycles. The number of rotatable bonds is 9. The van der Waals surface area contributed by atoms with Gasteiger partial charge in [0.25, 0.3) is 0 Å². The Kier molecular flexibility index (Phi) is 8.02. The van der Waals surface area contributed by atoms with Crippen molar-refractivity contribution in [1.82, 2.24) is 9.62 Å². The molecule has 3 rings (SSSR count). The van der Waals surface area contributed by atoms with Crippen LogP contribution in [0, 0.1) is 5.82 Å². The number of carbonyl (C=O) groups excluding carboxylic acids is 1. The molecule has 0 bridgehead atoms. The van der Waals surface area contributed by atoms with Crippen molar-refractivity contribution in [1.29, 1.82) is 0 Å². The molecule has 0 aromatic heterocycles. The lowest BCUT2D eigenvalue weighted by Gasteiger charge is -2.36. The summed E-state index contributed by atoms with van der Waals surface area (Å²) in [6.07, 6.45) is 1.83. The highest BCUT2D eigenvalue weighted by molar-refractivity contribution is 7.89. The number of benzene rings is 2. The molecular formula is C23H23Cl2FN2O5S. The molecule has 2 aromatic carbocycles. The number of carboxylic acid groups (broad SMARTS) is 1. The number of halogens is 3. The monoisotopic (exact) mass is 528 g/mol. The van der Waals surface area contributed by atoms with Crippen LogP contribution in [0.4, 0.5) is 4.39 Å². The minimum atomic E-state index is -4.21. The van der Waals surface area contributed by atoms with E-state index in [-0.39, 0.29) is 40.7 Å². The van der Waals surface area contributed by atoms with Gasteiger partial charge in [-0.3, -0.25) is 4.79 Å². The molecule has 11 heteroatoms. The largest absolute Gasteiger partial charge is 0.480 e. The lowest BCUT2D eigenvalue weighted by atomic mass is 9.91. The molecule has 7 nitrogen and oxygen atoms in total. The van der Waals surface area contributed by atoms with Crippen molar-refractivity contribution in [3.63, 3.8) is 0 Å². The van der Waals surface area contributed by atoms with Crippen LogP contribution in [0.3, 0.4) is 0 Å². The third-order valence-electron chi connectivity index (χ3n) is 5.71. The van der Waals surface area contributed by atoms with Gasteiger partial charge in [-0.25, -0.2) is 17.6 Å². The van der Waals surface area contributed by atoms with E-state index in [0.29, 0.717) is 12.0 Å². The zero-order chi connectivity index (χ0) is 25.1. The van der Waals surface area contributed by atoms with E-state index < -0.39 is 39.3 Å². The first-order chi connectivity index (χ1) is 16.0. The van der Waals surface area contributed by atoms with Crippen LogP contribution in [0.25, 0.3) is 0 Å². The van der Waals surface area contributed by atoms with Crippen LogP contribution in [0.1, 0.15) is 24.8 Å². The van der Waals surface area contributed by atoms with Gasteiger partial charge in [-0.1, -0.05) is 41.4 Å². The summed E-state index contributed by atoms with van der Waals surface area (Å²) in [5, 5.41) is 12.4. The van der Waals surface area contributed by atoms with Gasteiger partial charge in [0.2, 0.25) is 15.9 Å². The van der Waals surface area contributed by atoms with Gasteiger partial charge in [0.05, 0.1) is 4.90 Å². The van der Waals surface area contributed by atoms with Gasteiger partial charge in [0.1, 0.15) is 17.4 Å². The first kappa shape index (κ1) is 26.2. The van der Waals surface area contributed by atoms with E-state index in [1.807, 2.05) is 0 Å². The third-order valence-corrected chi connectivity index (χ3v) is 8.09. The van der Waals surface area contributed by atoms with Gasteiger partial charge in [-0.15, -0.1) is 6.58 Å². The molecule has 1 unspecified atom stereocenters. The zero-order valence-corrected chi connectivity index (χ0v) is 20.3. The summed E-state index contributed by atoms with van der Waals surface area (Å²) in [7, 11) is -4.21. The van der Waals surface area contributed by atoms with Crippen LogP contribution in [0.15, 0.2) is 60.0 Å². The Labute approximate surface area is 207 Å². The maximum absolute atomic E-state index is 13.5. The molecule has 0 aliphatic carbocycles. The van der Waals surface area contributed by atoms with E-state index >= 15 is 0 Å².